The molecule has 2 unspecified atom stereocenters. The molecule has 1 heterocycles. The highest BCUT2D eigenvalue weighted by atomic mass is 16.1. The van der Waals surface area contributed by atoms with Crippen LogP contribution in [0, 0.1) is 0 Å². The second-order valence-corrected chi connectivity index (χ2v) is 3.87. The van der Waals surface area contributed by atoms with E-state index in [1.54, 1.807) is 0 Å². The Labute approximate surface area is 87.0 Å². The van der Waals surface area contributed by atoms with Gasteiger partial charge in [0.05, 0.1) is 6.54 Å². The fourth-order valence-corrected chi connectivity index (χ4v) is 1.54. The molecule has 1 saturated heterocycles. The zero-order valence-electron chi connectivity index (χ0n) is 9.55. The molecule has 0 aliphatic carbocycles. The van der Waals surface area contributed by atoms with E-state index in [1.807, 2.05) is 6.92 Å². The van der Waals surface area contributed by atoms with Gasteiger partial charge >= 0.3 is 0 Å². The van der Waals surface area contributed by atoms with Crippen molar-refractivity contribution < 1.29 is 4.79 Å². The SMILES string of the molecule is CC1CCCC(C)N1.CCCN=C=O. The van der Waals surface area contributed by atoms with Crippen molar-refractivity contribution >= 4 is 6.08 Å². The van der Waals surface area contributed by atoms with Crippen molar-refractivity contribution in [1.82, 2.24) is 5.32 Å². The van der Waals surface area contributed by atoms with Crippen molar-refractivity contribution in [1.29, 1.82) is 0 Å². The number of nitrogens with one attached hydrogen (secondary N) is 1. The van der Waals surface area contributed by atoms with Gasteiger partial charge in [0, 0.05) is 12.1 Å². The molecule has 2 atom stereocenters. The molecule has 1 aliphatic heterocycles. The summed E-state index contributed by atoms with van der Waals surface area (Å²) in [6.07, 6.45) is 6.51. The molecule has 0 aromatic heterocycles. The van der Waals surface area contributed by atoms with Crippen LogP contribution in [-0.4, -0.2) is 24.7 Å². The average molecular weight is 198 g/mol. The van der Waals surface area contributed by atoms with Gasteiger partial charge in [-0.25, -0.2) is 9.79 Å². The van der Waals surface area contributed by atoms with Crippen molar-refractivity contribution in [3.05, 3.63) is 0 Å². The summed E-state index contributed by atoms with van der Waals surface area (Å²) >= 11 is 0. The number of nitrogens with zero attached hydrogens (tertiary/aromatic N) is 1. The van der Waals surface area contributed by atoms with Crippen LogP contribution in [0.5, 0.6) is 0 Å². The molecule has 1 N–H and O–H groups in total. The van der Waals surface area contributed by atoms with Crippen LogP contribution in [0.15, 0.2) is 4.99 Å². The van der Waals surface area contributed by atoms with Crippen LogP contribution in [0.25, 0.3) is 0 Å². The van der Waals surface area contributed by atoms with Gasteiger partial charge in [-0.3, -0.25) is 0 Å². The number of hydrogen-bond acceptors (Lipinski definition) is 3. The third kappa shape index (κ3) is 7.96. The molecule has 0 saturated carbocycles. The van der Waals surface area contributed by atoms with Gasteiger partial charge in [-0.15, -0.1) is 0 Å². The summed E-state index contributed by atoms with van der Waals surface area (Å²) in [5.41, 5.74) is 0. The van der Waals surface area contributed by atoms with Gasteiger partial charge in [0.1, 0.15) is 0 Å². The molecule has 0 amide bonds. The van der Waals surface area contributed by atoms with Crippen LogP contribution in [0.1, 0.15) is 46.5 Å². The second kappa shape index (κ2) is 8.92. The summed E-state index contributed by atoms with van der Waals surface area (Å²) in [7, 11) is 0. The number of piperidine rings is 1. The average Bonchev–Trinajstić information content (AvgIpc) is 2.15. The third-order valence-electron chi connectivity index (χ3n) is 2.24. The second-order valence-electron chi connectivity index (χ2n) is 3.87. The molecule has 1 fully saturated rings. The standard InChI is InChI=1S/C7H15N.C4H7NO/c1-6-4-3-5-7(2)8-6;1-2-3-5-4-6/h6-8H,3-5H2,1-2H3;2-3H2,1H3. The van der Waals surface area contributed by atoms with Gasteiger partial charge in [-0.1, -0.05) is 13.3 Å². The van der Waals surface area contributed by atoms with Gasteiger partial charge in [-0.05, 0) is 33.1 Å². The van der Waals surface area contributed by atoms with Crippen LogP contribution in [-0.2, 0) is 4.79 Å². The summed E-state index contributed by atoms with van der Waals surface area (Å²) in [4.78, 5) is 12.6. The first kappa shape index (κ1) is 13.3. The lowest BCUT2D eigenvalue weighted by Gasteiger charge is -2.25. The Balaban J connectivity index is 0.000000255. The van der Waals surface area contributed by atoms with Crippen molar-refractivity contribution in [2.75, 3.05) is 6.54 Å². The first-order chi connectivity index (χ1) is 6.70. The number of rotatable bonds is 2. The van der Waals surface area contributed by atoms with Crippen LogP contribution < -0.4 is 5.32 Å². The van der Waals surface area contributed by atoms with Gasteiger partial charge < -0.3 is 5.32 Å². The maximum absolute atomic E-state index is 9.27. The van der Waals surface area contributed by atoms with E-state index in [2.05, 4.69) is 24.2 Å². The molecule has 0 spiro atoms. The van der Waals surface area contributed by atoms with Crippen molar-refractivity contribution in [3.8, 4) is 0 Å². The quantitative estimate of drug-likeness (QED) is 0.546. The fourth-order valence-electron chi connectivity index (χ4n) is 1.54. The molecule has 0 aromatic rings. The molecule has 14 heavy (non-hydrogen) atoms. The molecule has 1 aliphatic rings. The highest BCUT2D eigenvalue weighted by molar-refractivity contribution is 5.32. The molecule has 0 bridgehead atoms. The van der Waals surface area contributed by atoms with Crippen molar-refractivity contribution in [2.24, 2.45) is 4.99 Å². The van der Waals surface area contributed by atoms with Crippen LogP contribution in [0.4, 0.5) is 0 Å². The fraction of sp³-hybridized carbons (Fsp3) is 0.909. The first-order valence-corrected chi connectivity index (χ1v) is 5.50. The molecular formula is C11H22N2O. The van der Waals surface area contributed by atoms with Crippen molar-refractivity contribution in [3.63, 3.8) is 0 Å². The highest BCUT2D eigenvalue weighted by Crippen LogP contribution is 2.10. The summed E-state index contributed by atoms with van der Waals surface area (Å²) in [6, 6.07) is 1.53. The predicted molar refractivity (Wildman–Crippen MR) is 59.2 cm³/mol. The predicted octanol–water partition coefficient (Wildman–Crippen LogP) is 2.27. The van der Waals surface area contributed by atoms with Crippen LogP contribution >= 0.6 is 0 Å². The normalized spacial score (nSPS) is 25.6. The summed E-state index contributed by atoms with van der Waals surface area (Å²) in [5.74, 6) is 0. The summed E-state index contributed by atoms with van der Waals surface area (Å²) < 4.78 is 0. The summed E-state index contributed by atoms with van der Waals surface area (Å²) in [6.45, 7) is 7.09. The lowest BCUT2D eigenvalue weighted by atomic mass is 10.0. The third-order valence-corrected chi connectivity index (χ3v) is 2.24. The van der Waals surface area contributed by atoms with E-state index in [4.69, 9.17) is 0 Å². The van der Waals surface area contributed by atoms with Gasteiger partial charge in [-0.2, -0.15) is 0 Å². The van der Waals surface area contributed by atoms with Crippen molar-refractivity contribution in [2.45, 2.75) is 58.5 Å². The van der Waals surface area contributed by atoms with E-state index < -0.39 is 0 Å². The Kier molecular flexibility index (Phi) is 8.50. The molecule has 0 aromatic carbocycles. The Morgan fingerprint density at radius 3 is 2.14 bits per heavy atom. The van der Waals surface area contributed by atoms with Crippen LogP contribution in [0.3, 0.4) is 0 Å². The first-order valence-electron chi connectivity index (χ1n) is 5.50. The Bertz CT molecular complexity index is 168. The minimum Gasteiger partial charge on any atom is -0.312 e. The Morgan fingerprint density at radius 2 is 1.93 bits per heavy atom. The van der Waals surface area contributed by atoms with E-state index in [0.717, 1.165) is 18.5 Å². The molecular weight excluding hydrogens is 176 g/mol. The molecule has 3 heteroatoms. The zero-order valence-corrected chi connectivity index (χ0v) is 9.55. The van der Waals surface area contributed by atoms with E-state index in [0.29, 0.717) is 6.54 Å². The van der Waals surface area contributed by atoms with Gasteiger partial charge in [0.25, 0.3) is 0 Å². The lowest BCUT2D eigenvalue weighted by molar-refractivity contribution is 0.352. The van der Waals surface area contributed by atoms with E-state index >= 15 is 0 Å². The molecule has 0 radical (unpaired) electrons. The smallest absolute Gasteiger partial charge is 0.234 e. The largest absolute Gasteiger partial charge is 0.312 e. The van der Waals surface area contributed by atoms with Crippen LogP contribution in [0.2, 0.25) is 0 Å². The number of carbonyl (C=O) groups excluding carboxylic acids is 1. The molecule has 3 nitrogen and oxygen atoms in total. The monoisotopic (exact) mass is 198 g/mol. The maximum Gasteiger partial charge on any atom is 0.234 e. The lowest BCUT2D eigenvalue weighted by Crippen LogP contribution is -2.38. The number of aliphatic imine (C=N–C) groups is 1. The van der Waals surface area contributed by atoms with E-state index in [-0.39, 0.29) is 0 Å². The highest BCUT2D eigenvalue weighted by Gasteiger charge is 2.11. The van der Waals surface area contributed by atoms with Gasteiger partial charge in [0.15, 0.2) is 0 Å². The summed E-state index contributed by atoms with van der Waals surface area (Å²) in [5, 5.41) is 3.48. The Morgan fingerprint density at radius 1 is 1.36 bits per heavy atom. The zero-order chi connectivity index (χ0) is 10.8. The van der Waals surface area contributed by atoms with E-state index in [1.165, 1.54) is 25.3 Å². The van der Waals surface area contributed by atoms with Gasteiger partial charge in [0.2, 0.25) is 6.08 Å². The number of isocyanates is 1. The Hall–Kier alpha value is -0.660. The minimum atomic E-state index is 0.615. The van der Waals surface area contributed by atoms with E-state index in [9.17, 15) is 4.79 Å². The minimum absolute atomic E-state index is 0.615. The maximum atomic E-state index is 9.27. The molecule has 1 rings (SSSR count). The topological polar surface area (TPSA) is 41.5 Å². The number of hydrogen-bond donors (Lipinski definition) is 1. The molecule has 82 valence electrons.